The summed E-state index contributed by atoms with van der Waals surface area (Å²) in [7, 11) is -4.41. The summed E-state index contributed by atoms with van der Waals surface area (Å²) in [4.78, 5) is 33.9. The van der Waals surface area contributed by atoms with E-state index < -0.39 is 26.5 Å². The number of rotatable bonds is 40. The summed E-state index contributed by atoms with van der Waals surface area (Å²) < 4.78 is 26.9. The van der Waals surface area contributed by atoms with Crippen LogP contribution in [0.3, 0.4) is 0 Å². The molecule has 3 N–H and O–H groups in total. The Labute approximate surface area is 324 Å². The van der Waals surface area contributed by atoms with E-state index in [1.807, 2.05) is 0 Å². The number of amides is 1. The summed E-state index contributed by atoms with van der Waals surface area (Å²) in [6.07, 6.45) is 43.5. The lowest BCUT2D eigenvalue weighted by atomic mass is 10.0. The summed E-state index contributed by atoms with van der Waals surface area (Å²) in [5, 5.41) is 12.7. The average molecular weight is 770 g/mol. The smallest absolute Gasteiger partial charge is 0.463 e. The summed E-state index contributed by atoms with van der Waals surface area (Å²) >= 11 is 0. The minimum Gasteiger partial charge on any atom is -0.463 e. The van der Waals surface area contributed by atoms with Crippen molar-refractivity contribution in [1.29, 1.82) is 0 Å². The number of hydrogen-bond acceptors (Lipinski definition) is 7. The number of carbonyl (C=O) groups excluding carboxylic acids is 2. The Balaban J connectivity index is 3.60. The molecule has 0 aliphatic rings. The molecule has 10 heteroatoms. The highest BCUT2D eigenvalue weighted by atomic mass is 31.2. The van der Waals surface area contributed by atoms with Crippen molar-refractivity contribution in [2.24, 2.45) is 0 Å². The van der Waals surface area contributed by atoms with Gasteiger partial charge in [-0.15, -0.1) is 0 Å². The third-order valence-corrected chi connectivity index (χ3v) is 10.1. The van der Waals surface area contributed by atoms with Crippen LogP contribution in [0.2, 0.25) is 0 Å². The van der Waals surface area contributed by atoms with Crippen molar-refractivity contribution >= 4 is 19.7 Å². The highest BCUT2D eigenvalue weighted by Crippen LogP contribution is 2.42. The van der Waals surface area contributed by atoms with Crippen molar-refractivity contribution in [3.8, 4) is 0 Å². The molecule has 310 valence electrons. The van der Waals surface area contributed by atoms with Crippen molar-refractivity contribution in [3.05, 3.63) is 36.5 Å². The van der Waals surface area contributed by atoms with Gasteiger partial charge in [0, 0.05) is 19.4 Å². The number of phosphoric ester groups is 1. The molecule has 0 radical (unpaired) electrons. The van der Waals surface area contributed by atoms with Gasteiger partial charge < -0.3 is 20.1 Å². The van der Waals surface area contributed by atoms with Crippen molar-refractivity contribution < 1.29 is 37.9 Å². The van der Waals surface area contributed by atoms with Crippen LogP contribution in [0.5, 0.6) is 0 Å². The fraction of sp³-hybridized carbons (Fsp3) is 0.814. The highest BCUT2D eigenvalue weighted by molar-refractivity contribution is 7.47. The molecule has 0 spiro atoms. The maximum Gasteiger partial charge on any atom is 0.472 e. The van der Waals surface area contributed by atoms with Gasteiger partial charge in [0.25, 0.3) is 0 Å². The maximum absolute atomic E-state index is 12.1. The summed E-state index contributed by atoms with van der Waals surface area (Å²) in [5.74, 6) is -0.523. The van der Waals surface area contributed by atoms with Crippen molar-refractivity contribution in [1.82, 2.24) is 5.32 Å². The van der Waals surface area contributed by atoms with E-state index in [1.165, 1.54) is 96.3 Å². The molecule has 2 atom stereocenters. The molecule has 53 heavy (non-hydrogen) atoms. The first-order valence-corrected chi connectivity index (χ1v) is 23.0. The van der Waals surface area contributed by atoms with Crippen LogP contribution in [0.25, 0.3) is 0 Å². The summed E-state index contributed by atoms with van der Waals surface area (Å²) in [5.41, 5.74) is 0. The molecule has 0 saturated carbocycles. The number of ether oxygens (including phenoxy) is 1. The molecule has 0 heterocycles. The van der Waals surface area contributed by atoms with E-state index in [4.69, 9.17) is 13.8 Å². The quantitative estimate of drug-likeness (QED) is 0.0243. The van der Waals surface area contributed by atoms with Gasteiger partial charge in [0.1, 0.15) is 12.7 Å². The molecule has 0 aliphatic carbocycles. The van der Waals surface area contributed by atoms with Crippen LogP contribution in [-0.2, 0) is 27.9 Å². The zero-order chi connectivity index (χ0) is 38.9. The second kappa shape index (κ2) is 39.9. The van der Waals surface area contributed by atoms with Crippen molar-refractivity contribution in [2.45, 2.75) is 200 Å². The monoisotopic (exact) mass is 770 g/mol. The second-order valence-electron chi connectivity index (χ2n) is 14.3. The first-order chi connectivity index (χ1) is 25.8. The Morgan fingerprint density at radius 2 is 1.08 bits per heavy atom. The molecule has 0 rings (SSSR count). The van der Waals surface area contributed by atoms with E-state index in [0.717, 1.165) is 70.6 Å². The fourth-order valence-electron chi connectivity index (χ4n) is 5.87. The molecular formula is C43H80NO8P. The van der Waals surface area contributed by atoms with Gasteiger partial charge in [0.15, 0.2) is 0 Å². The third-order valence-electron chi connectivity index (χ3n) is 9.08. The van der Waals surface area contributed by atoms with E-state index in [-0.39, 0.29) is 32.1 Å². The van der Waals surface area contributed by atoms with Crippen LogP contribution in [0, 0.1) is 0 Å². The van der Waals surface area contributed by atoms with Crippen LogP contribution < -0.4 is 5.32 Å². The Morgan fingerprint density at radius 3 is 1.62 bits per heavy atom. The lowest BCUT2D eigenvalue weighted by Gasteiger charge is -2.15. The van der Waals surface area contributed by atoms with E-state index in [1.54, 1.807) is 0 Å². The van der Waals surface area contributed by atoms with Gasteiger partial charge in [0.2, 0.25) is 5.91 Å². The molecule has 9 nitrogen and oxygen atoms in total. The number of allylic oxidation sites excluding steroid dienone is 6. The number of hydrogen-bond donors (Lipinski definition) is 3. The van der Waals surface area contributed by atoms with Crippen molar-refractivity contribution in [3.63, 3.8) is 0 Å². The molecule has 0 aromatic carbocycles. The number of phosphoric acid groups is 1. The number of nitrogens with one attached hydrogen (secondary N) is 1. The van der Waals surface area contributed by atoms with Crippen LogP contribution in [0.15, 0.2) is 36.5 Å². The SMILES string of the molecule is CC/C=C\C/C=C\C/C=C\CCCCCCCCCC(=O)OCC(O)COP(=O)(O)OCCNC(=O)CCCCCCCCCCCCCCCCC. The first-order valence-electron chi connectivity index (χ1n) is 21.5. The average Bonchev–Trinajstić information content (AvgIpc) is 3.14. The number of aliphatic hydroxyl groups excluding tert-OH is 1. The van der Waals surface area contributed by atoms with Gasteiger partial charge >= 0.3 is 13.8 Å². The zero-order valence-corrected chi connectivity index (χ0v) is 34.9. The van der Waals surface area contributed by atoms with Crippen LogP contribution in [0.4, 0.5) is 0 Å². The van der Waals surface area contributed by atoms with E-state index >= 15 is 0 Å². The predicted octanol–water partition coefficient (Wildman–Crippen LogP) is 11.8. The minimum absolute atomic E-state index is 0.0827. The standard InChI is InChI=1S/C43H80NO8P/c1-3-5-7-9-11-13-15-17-19-20-22-24-26-28-30-32-34-36-43(47)50-39-41(45)40-52-53(48,49)51-38-37-44-42(46)35-33-31-29-27-25-23-21-18-16-14-12-10-8-6-4-2/h5,7,11,13,17,19,41,45H,3-4,6,8-10,12,14-16,18,20-40H2,1-2H3,(H,44,46)(H,48,49)/b7-5-,13-11-,19-17-. The molecule has 0 aromatic rings. The summed E-state index contributed by atoms with van der Waals surface area (Å²) in [6.45, 7) is 3.44. The second-order valence-corrected chi connectivity index (χ2v) is 15.7. The van der Waals surface area contributed by atoms with Gasteiger partial charge in [-0.2, -0.15) is 0 Å². The predicted molar refractivity (Wildman–Crippen MR) is 220 cm³/mol. The Hall–Kier alpha value is -1.77. The Kier molecular flexibility index (Phi) is 38.6. The summed E-state index contributed by atoms with van der Waals surface area (Å²) in [6, 6.07) is 0. The van der Waals surface area contributed by atoms with E-state index in [9.17, 15) is 24.2 Å². The largest absolute Gasteiger partial charge is 0.472 e. The minimum atomic E-state index is -4.41. The first kappa shape index (κ1) is 51.2. The zero-order valence-electron chi connectivity index (χ0n) is 34.0. The number of aliphatic hydroxyl groups is 1. The van der Waals surface area contributed by atoms with Gasteiger partial charge in [-0.3, -0.25) is 18.6 Å². The molecule has 0 aliphatic heterocycles. The molecule has 0 saturated heterocycles. The fourth-order valence-corrected chi connectivity index (χ4v) is 6.62. The molecule has 0 aromatic heterocycles. The lowest BCUT2D eigenvalue weighted by molar-refractivity contribution is -0.147. The number of carbonyl (C=O) groups is 2. The van der Waals surface area contributed by atoms with E-state index in [2.05, 4.69) is 55.6 Å². The Morgan fingerprint density at radius 1 is 0.604 bits per heavy atom. The van der Waals surface area contributed by atoms with Crippen LogP contribution >= 0.6 is 7.82 Å². The number of unbranched alkanes of at least 4 members (excludes halogenated alkanes) is 21. The van der Waals surface area contributed by atoms with Gasteiger partial charge in [-0.25, -0.2) is 4.57 Å². The normalized spacial score (nSPS) is 13.7. The molecule has 1 amide bonds. The molecular weight excluding hydrogens is 689 g/mol. The number of esters is 1. The van der Waals surface area contributed by atoms with Crippen LogP contribution in [0.1, 0.15) is 194 Å². The lowest BCUT2D eigenvalue weighted by Crippen LogP contribution is -2.27. The maximum atomic E-state index is 12.1. The third kappa shape index (κ3) is 41.2. The Bertz CT molecular complexity index is 970. The van der Waals surface area contributed by atoms with Gasteiger partial charge in [-0.1, -0.05) is 172 Å². The van der Waals surface area contributed by atoms with Crippen LogP contribution in [-0.4, -0.2) is 54.3 Å². The molecule has 0 fully saturated rings. The molecule has 0 bridgehead atoms. The van der Waals surface area contributed by atoms with Crippen molar-refractivity contribution in [2.75, 3.05) is 26.4 Å². The van der Waals surface area contributed by atoms with Gasteiger partial charge in [-0.05, 0) is 44.9 Å². The topological polar surface area (TPSA) is 131 Å². The van der Waals surface area contributed by atoms with Gasteiger partial charge in [0.05, 0.1) is 13.2 Å². The molecule has 2 unspecified atom stereocenters. The van der Waals surface area contributed by atoms with E-state index in [0.29, 0.717) is 6.42 Å². The highest BCUT2D eigenvalue weighted by Gasteiger charge is 2.23.